The first-order valence-electron chi connectivity index (χ1n) is 10.8. The summed E-state index contributed by atoms with van der Waals surface area (Å²) < 4.78 is 14.3. The monoisotopic (exact) mass is 542 g/mol. The van der Waals surface area contributed by atoms with Gasteiger partial charge in [0, 0.05) is 35.7 Å². The van der Waals surface area contributed by atoms with Crippen LogP contribution in [0.3, 0.4) is 0 Å². The maximum Gasteiger partial charge on any atom is 0.326 e. The number of carbonyl (C=O) groups is 3. The maximum absolute atomic E-state index is 14.0. The molecule has 0 saturated carbocycles. The summed E-state index contributed by atoms with van der Waals surface area (Å²) in [5.41, 5.74) is 0.942. The standard InChI is InChI=1S/C25H24BrFN4O4/c26-18-5-3-6-19(27)23(18)24(33)31-20(25(34)35)15-16-9-11-17(12-10-16)30-22(32)8-4-14-29-21-7-1-2-13-28-21/h1-3,5-7,9-13,20H,4,8,14-15H2,(H,28,29)(H,30,32)(H,31,33)(H,34,35)/t20-/m0/s1. The number of pyridine rings is 1. The molecule has 8 nitrogen and oxygen atoms in total. The molecule has 0 unspecified atom stereocenters. The van der Waals surface area contributed by atoms with E-state index in [-0.39, 0.29) is 22.4 Å². The minimum atomic E-state index is -1.26. The van der Waals surface area contributed by atoms with Gasteiger partial charge in [-0.2, -0.15) is 0 Å². The van der Waals surface area contributed by atoms with E-state index < -0.39 is 23.7 Å². The lowest BCUT2D eigenvalue weighted by atomic mass is 10.0. The van der Waals surface area contributed by atoms with E-state index in [1.54, 1.807) is 30.5 Å². The smallest absolute Gasteiger partial charge is 0.326 e. The van der Waals surface area contributed by atoms with Crippen LogP contribution in [0.15, 0.2) is 71.3 Å². The van der Waals surface area contributed by atoms with Crippen molar-refractivity contribution in [1.29, 1.82) is 0 Å². The molecule has 0 bridgehead atoms. The topological polar surface area (TPSA) is 120 Å². The van der Waals surface area contributed by atoms with Gasteiger partial charge < -0.3 is 21.1 Å². The van der Waals surface area contributed by atoms with E-state index in [1.807, 2.05) is 18.2 Å². The molecule has 2 aromatic carbocycles. The van der Waals surface area contributed by atoms with Gasteiger partial charge in [0.1, 0.15) is 17.7 Å². The van der Waals surface area contributed by atoms with Crippen molar-refractivity contribution in [1.82, 2.24) is 10.3 Å². The number of hydrogen-bond acceptors (Lipinski definition) is 5. The number of carbonyl (C=O) groups excluding carboxylic acids is 2. The average Bonchev–Trinajstić information content (AvgIpc) is 2.83. The molecule has 0 aliphatic carbocycles. The number of carboxylic acid groups (broad SMARTS) is 1. The molecular formula is C25H24BrFN4O4. The van der Waals surface area contributed by atoms with Gasteiger partial charge in [0.15, 0.2) is 0 Å². The summed E-state index contributed by atoms with van der Waals surface area (Å²) in [4.78, 5) is 40.5. The number of carboxylic acids is 1. The Balaban J connectivity index is 1.49. The zero-order chi connectivity index (χ0) is 25.2. The first-order chi connectivity index (χ1) is 16.8. The molecule has 3 aromatic rings. The lowest BCUT2D eigenvalue weighted by Crippen LogP contribution is -2.42. The number of aliphatic carboxylic acids is 1. The second-order valence-corrected chi connectivity index (χ2v) is 8.51. The van der Waals surface area contributed by atoms with Crippen molar-refractivity contribution in [3.63, 3.8) is 0 Å². The van der Waals surface area contributed by atoms with E-state index in [0.717, 1.165) is 11.9 Å². The number of aromatic nitrogens is 1. The largest absolute Gasteiger partial charge is 0.480 e. The molecule has 3 rings (SSSR count). The lowest BCUT2D eigenvalue weighted by Gasteiger charge is -2.16. The van der Waals surface area contributed by atoms with Gasteiger partial charge in [0.25, 0.3) is 5.91 Å². The van der Waals surface area contributed by atoms with Crippen LogP contribution in [-0.4, -0.2) is 40.5 Å². The Kier molecular flexibility index (Phi) is 9.31. The lowest BCUT2D eigenvalue weighted by molar-refractivity contribution is -0.139. The third kappa shape index (κ3) is 7.89. The fourth-order valence-corrected chi connectivity index (χ4v) is 3.78. The fraction of sp³-hybridized carbons (Fsp3) is 0.200. The van der Waals surface area contributed by atoms with Gasteiger partial charge in [-0.15, -0.1) is 0 Å². The van der Waals surface area contributed by atoms with Gasteiger partial charge in [-0.25, -0.2) is 14.2 Å². The first-order valence-corrected chi connectivity index (χ1v) is 11.6. The maximum atomic E-state index is 14.0. The highest BCUT2D eigenvalue weighted by Gasteiger charge is 2.24. The number of amides is 2. The second kappa shape index (κ2) is 12.6. The van der Waals surface area contributed by atoms with E-state index in [0.29, 0.717) is 30.6 Å². The zero-order valence-electron chi connectivity index (χ0n) is 18.6. The minimum Gasteiger partial charge on any atom is -0.480 e. The van der Waals surface area contributed by atoms with E-state index in [1.165, 1.54) is 12.1 Å². The summed E-state index contributed by atoms with van der Waals surface area (Å²) in [6.45, 7) is 0.606. The molecule has 4 N–H and O–H groups in total. The Bertz CT molecular complexity index is 1160. The molecule has 1 atom stereocenters. The van der Waals surface area contributed by atoms with Crippen LogP contribution in [0.4, 0.5) is 15.9 Å². The van der Waals surface area contributed by atoms with Crippen molar-refractivity contribution in [3.05, 3.63) is 88.3 Å². The molecule has 0 saturated heterocycles. The highest BCUT2D eigenvalue weighted by Crippen LogP contribution is 2.20. The fourth-order valence-electron chi connectivity index (χ4n) is 3.26. The normalized spacial score (nSPS) is 11.4. The van der Waals surface area contributed by atoms with Gasteiger partial charge in [0.2, 0.25) is 5.91 Å². The van der Waals surface area contributed by atoms with Crippen LogP contribution in [0.25, 0.3) is 0 Å². The van der Waals surface area contributed by atoms with Crippen LogP contribution in [0.1, 0.15) is 28.8 Å². The van der Waals surface area contributed by atoms with Crippen LogP contribution < -0.4 is 16.0 Å². The number of halogens is 2. The van der Waals surface area contributed by atoms with E-state index >= 15 is 0 Å². The third-order valence-corrected chi connectivity index (χ3v) is 5.68. The molecular weight excluding hydrogens is 519 g/mol. The van der Waals surface area contributed by atoms with E-state index in [4.69, 9.17) is 0 Å². The van der Waals surface area contributed by atoms with Crippen LogP contribution in [0.2, 0.25) is 0 Å². The Labute approximate surface area is 210 Å². The van der Waals surface area contributed by atoms with E-state index in [2.05, 4.69) is 36.9 Å². The summed E-state index contributed by atoms with van der Waals surface area (Å²) in [5, 5.41) is 17.8. The molecule has 182 valence electrons. The van der Waals surface area contributed by atoms with Crippen molar-refractivity contribution < 1.29 is 23.9 Å². The Morgan fingerprint density at radius 1 is 1.03 bits per heavy atom. The summed E-state index contributed by atoms with van der Waals surface area (Å²) >= 11 is 3.11. The Hall–Kier alpha value is -3.79. The summed E-state index contributed by atoms with van der Waals surface area (Å²) in [5.74, 6) is -2.23. The molecule has 0 spiro atoms. The van der Waals surface area contributed by atoms with Gasteiger partial charge in [-0.3, -0.25) is 9.59 Å². The Morgan fingerprint density at radius 2 is 1.80 bits per heavy atom. The molecule has 35 heavy (non-hydrogen) atoms. The molecule has 0 fully saturated rings. The second-order valence-electron chi connectivity index (χ2n) is 7.66. The predicted molar refractivity (Wildman–Crippen MR) is 134 cm³/mol. The molecule has 2 amide bonds. The predicted octanol–water partition coefficient (Wildman–Crippen LogP) is 4.24. The number of anilines is 2. The van der Waals surface area contributed by atoms with Gasteiger partial charge in [0.05, 0.1) is 5.56 Å². The number of hydrogen-bond donors (Lipinski definition) is 4. The van der Waals surface area contributed by atoms with Crippen LogP contribution in [0.5, 0.6) is 0 Å². The van der Waals surface area contributed by atoms with Crippen LogP contribution in [-0.2, 0) is 16.0 Å². The zero-order valence-corrected chi connectivity index (χ0v) is 20.2. The number of nitrogens with one attached hydrogen (secondary N) is 3. The van der Waals surface area contributed by atoms with Gasteiger partial charge >= 0.3 is 5.97 Å². The Morgan fingerprint density at radius 3 is 2.46 bits per heavy atom. The summed E-state index contributed by atoms with van der Waals surface area (Å²) in [6.07, 6.45) is 2.62. The number of nitrogens with zero attached hydrogens (tertiary/aromatic N) is 1. The highest BCUT2D eigenvalue weighted by atomic mass is 79.9. The van der Waals surface area contributed by atoms with Crippen molar-refractivity contribution in [2.75, 3.05) is 17.2 Å². The van der Waals surface area contributed by atoms with Crippen molar-refractivity contribution >= 4 is 45.2 Å². The molecule has 0 aliphatic heterocycles. The minimum absolute atomic E-state index is 0.0133. The van der Waals surface area contributed by atoms with Crippen LogP contribution >= 0.6 is 15.9 Å². The average molecular weight is 543 g/mol. The number of benzene rings is 2. The van der Waals surface area contributed by atoms with Crippen LogP contribution in [0, 0.1) is 5.82 Å². The SMILES string of the molecule is O=C(CCCNc1ccccn1)Nc1ccc(C[C@H](NC(=O)c2c(F)cccc2Br)C(=O)O)cc1. The first kappa shape index (κ1) is 25.8. The molecule has 0 radical (unpaired) electrons. The molecule has 1 aromatic heterocycles. The molecule has 0 aliphatic rings. The molecule has 1 heterocycles. The van der Waals surface area contributed by atoms with E-state index in [9.17, 15) is 23.9 Å². The van der Waals surface area contributed by atoms with Crippen molar-refractivity contribution in [3.8, 4) is 0 Å². The third-order valence-electron chi connectivity index (χ3n) is 5.02. The summed E-state index contributed by atoms with van der Waals surface area (Å²) in [6, 6.07) is 15.0. The van der Waals surface area contributed by atoms with Gasteiger partial charge in [-0.05, 0) is 64.3 Å². The van der Waals surface area contributed by atoms with Crippen molar-refractivity contribution in [2.24, 2.45) is 0 Å². The highest BCUT2D eigenvalue weighted by molar-refractivity contribution is 9.10. The quantitative estimate of drug-likeness (QED) is 0.269. The molecule has 10 heteroatoms. The number of rotatable bonds is 11. The van der Waals surface area contributed by atoms with Gasteiger partial charge in [-0.1, -0.05) is 24.3 Å². The summed E-state index contributed by atoms with van der Waals surface area (Å²) in [7, 11) is 0. The van der Waals surface area contributed by atoms with Crippen molar-refractivity contribution in [2.45, 2.75) is 25.3 Å².